The van der Waals surface area contributed by atoms with Gasteiger partial charge in [0.25, 0.3) is 5.91 Å². The van der Waals surface area contributed by atoms with Gasteiger partial charge in [-0.15, -0.1) is 11.3 Å². The van der Waals surface area contributed by atoms with Gasteiger partial charge in [-0.1, -0.05) is 18.2 Å². The number of nitrogens with zero attached hydrogens (tertiary/aromatic N) is 2. The first-order valence-electron chi connectivity index (χ1n) is 12.6. The number of anilines is 1. The molecule has 1 unspecified atom stereocenters. The number of Topliss-reactive ketones (excluding diaryl/α,β-unsaturated/α-hetero) is 1. The maximum Gasteiger partial charge on any atom is 0.256 e. The monoisotopic (exact) mass is 499 g/mol. The fraction of sp³-hybridized carbons (Fsp3) is 0.345. The molecular formula is C29H29N3O3S. The van der Waals surface area contributed by atoms with E-state index in [-0.39, 0.29) is 11.7 Å². The van der Waals surface area contributed by atoms with Gasteiger partial charge in [0, 0.05) is 52.7 Å². The van der Waals surface area contributed by atoms with Crippen LogP contribution in [-0.4, -0.2) is 43.8 Å². The summed E-state index contributed by atoms with van der Waals surface area (Å²) in [5, 5.41) is 5.07. The minimum Gasteiger partial charge on any atom is -0.378 e. The molecule has 0 spiro atoms. The summed E-state index contributed by atoms with van der Waals surface area (Å²) >= 11 is 1.74. The molecule has 6 nitrogen and oxygen atoms in total. The number of morpholine rings is 1. The first kappa shape index (κ1) is 23.1. The highest BCUT2D eigenvalue weighted by atomic mass is 32.1. The number of carbonyl (C=O) groups excluding carboxylic acids is 2. The molecule has 1 N–H and O–H groups in total. The van der Waals surface area contributed by atoms with Crippen molar-refractivity contribution in [2.45, 2.75) is 31.7 Å². The van der Waals surface area contributed by atoms with Crippen molar-refractivity contribution < 1.29 is 14.3 Å². The maximum absolute atomic E-state index is 13.3. The van der Waals surface area contributed by atoms with Crippen molar-refractivity contribution in [2.75, 3.05) is 31.2 Å². The summed E-state index contributed by atoms with van der Waals surface area (Å²) in [6.45, 7) is 3.67. The Kier molecular flexibility index (Phi) is 6.42. The number of thiophene rings is 1. The Morgan fingerprint density at radius 3 is 2.56 bits per heavy atom. The van der Waals surface area contributed by atoms with Gasteiger partial charge in [-0.2, -0.15) is 0 Å². The lowest BCUT2D eigenvalue weighted by Crippen LogP contribution is -2.36. The van der Waals surface area contributed by atoms with Crippen molar-refractivity contribution >= 4 is 34.6 Å². The highest BCUT2D eigenvalue weighted by Gasteiger charge is 2.34. The second kappa shape index (κ2) is 9.99. The zero-order chi connectivity index (χ0) is 24.5. The summed E-state index contributed by atoms with van der Waals surface area (Å²) in [5.74, 6) is 1.42. The lowest BCUT2D eigenvalue weighted by molar-refractivity contribution is 0.0966. The average molecular weight is 500 g/mol. The molecule has 1 saturated carbocycles. The molecule has 36 heavy (non-hydrogen) atoms. The molecule has 3 heterocycles. The lowest BCUT2D eigenvalue weighted by atomic mass is 9.91. The second-order valence-corrected chi connectivity index (χ2v) is 10.7. The summed E-state index contributed by atoms with van der Waals surface area (Å²) in [6.07, 6.45) is 2.94. The number of ketones is 1. The van der Waals surface area contributed by atoms with Crippen LogP contribution in [0.25, 0.3) is 0 Å². The molecule has 7 heteroatoms. The van der Waals surface area contributed by atoms with Crippen LogP contribution in [0.15, 0.2) is 65.0 Å². The Hall–Kier alpha value is -3.29. The molecule has 0 radical (unpaired) electrons. The van der Waals surface area contributed by atoms with Gasteiger partial charge in [0.15, 0.2) is 5.78 Å². The van der Waals surface area contributed by atoms with Crippen molar-refractivity contribution in [2.24, 2.45) is 10.9 Å². The summed E-state index contributed by atoms with van der Waals surface area (Å²) in [4.78, 5) is 34.4. The molecule has 2 aromatic carbocycles. The maximum atomic E-state index is 13.3. The number of fused-ring (bicyclic) bond motifs is 1. The van der Waals surface area contributed by atoms with Crippen LogP contribution in [0.2, 0.25) is 0 Å². The van der Waals surface area contributed by atoms with E-state index in [4.69, 9.17) is 4.74 Å². The predicted molar refractivity (Wildman–Crippen MR) is 142 cm³/mol. The number of carbonyl (C=O) groups is 2. The third-order valence-electron chi connectivity index (χ3n) is 7.34. The first-order valence-corrected chi connectivity index (χ1v) is 13.5. The van der Waals surface area contributed by atoms with Crippen molar-refractivity contribution in [1.82, 2.24) is 5.32 Å². The van der Waals surface area contributed by atoms with E-state index in [0.29, 0.717) is 41.8 Å². The van der Waals surface area contributed by atoms with Gasteiger partial charge in [0.1, 0.15) is 5.84 Å². The van der Waals surface area contributed by atoms with Gasteiger partial charge in [-0.25, -0.2) is 0 Å². The summed E-state index contributed by atoms with van der Waals surface area (Å²) in [7, 11) is 0. The highest BCUT2D eigenvalue weighted by molar-refractivity contribution is 7.10. The van der Waals surface area contributed by atoms with Crippen LogP contribution < -0.4 is 10.2 Å². The number of nitrogens with one attached hydrogen (secondary N) is 1. The quantitative estimate of drug-likeness (QED) is 0.462. The molecule has 1 atom stereocenters. The Morgan fingerprint density at radius 2 is 1.83 bits per heavy atom. The number of benzene rings is 2. The van der Waals surface area contributed by atoms with Gasteiger partial charge in [0.05, 0.1) is 19.8 Å². The molecule has 1 saturated heterocycles. The van der Waals surface area contributed by atoms with E-state index >= 15 is 0 Å². The van der Waals surface area contributed by atoms with E-state index < -0.39 is 0 Å². The number of aliphatic imine (C=N–C) groups is 1. The molecule has 1 amide bonds. The molecular weight excluding hydrogens is 470 g/mol. The van der Waals surface area contributed by atoms with E-state index in [1.54, 1.807) is 11.3 Å². The summed E-state index contributed by atoms with van der Waals surface area (Å²) in [6, 6.07) is 17.6. The third-order valence-corrected chi connectivity index (χ3v) is 8.34. The van der Waals surface area contributed by atoms with Gasteiger partial charge in [0.2, 0.25) is 0 Å². The van der Waals surface area contributed by atoms with Crippen molar-refractivity contribution in [3.8, 4) is 0 Å². The standard InChI is InChI=1S/C29H29N3O3S/c33-26(17-24(19-3-4-19)27-2-1-15-36-27)21-5-6-22-18-30-28(25(22)16-21)31-29(34)20-7-9-23(10-8-20)32-11-13-35-14-12-32/h1-2,5-10,15-16,19,24H,3-4,11-14,17-18H2,(H,30,31,34). The Labute approximate surface area is 215 Å². The Morgan fingerprint density at radius 1 is 1.06 bits per heavy atom. The van der Waals surface area contributed by atoms with Crippen LogP contribution in [0.4, 0.5) is 5.69 Å². The number of rotatable bonds is 7. The van der Waals surface area contributed by atoms with Gasteiger partial charge in [-0.05, 0) is 66.1 Å². The minimum absolute atomic E-state index is 0.152. The van der Waals surface area contributed by atoms with E-state index in [1.807, 2.05) is 42.5 Å². The number of hydrogen-bond donors (Lipinski definition) is 1. The number of amidine groups is 1. The minimum atomic E-state index is -0.196. The van der Waals surface area contributed by atoms with E-state index in [2.05, 4.69) is 32.7 Å². The smallest absolute Gasteiger partial charge is 0.256 e. The van der Waals surface area contributed by atoms with Gasteiger partial charge in [-0.3, -0.25) is 14.6 Å². The molecule has 184 valence electrons. The fourth-order valence-corrected chi connectivity index (χ4v) is 6.03. The molecule has 6 rings (SSSR count). The fourth-order valence-electron chi connectivity index (χ4n) is 5.11. The predicted octanol–water partition coefficient (Wildman–Crippen LogP) is 5.04. The van der Waals surface area contributed by atoms with E-state index in [9.17, 15) is 9.59 Å². The SMILES string of the molecule is O=C(CC(c1cccs1)C1CC1)c1ccc2c(c1)C(NC(=O)c1ccc(N3CCOCC3)cc1)=NC2. The summed E-state index contributed by atoms with van der Waals surface area (Å²) < 4.78 is 5.42. The van der Waals surface area contributed by atoms with E-state index in [1.165, 1.54) is 17.7 Å². The lowest BCUT2D eigenvalue weighted by Gasteiger charge is -2.28. The zero-order valence-corrected chi connectivity index (χ0v) is 20.9. The van der Waals surface area contributed by atoms with Crippen LogP contribution >= 0.6 is 11.3 Å². The molecule has 1 aliphatic carbocycles. The Balaban J connectivity index is 1.14. The normalized spacial score (nSPS) is 17.9. The van der Waals surface area contributed by atoms with Gasteiger partial charge < -0.3 is 15.0 Å². The largest absolute Gasteiger partial charge is 0.378 e. The van der Waals surface area contributed by atoms with Crippen molar-refractivity contribution in [3.05, 3.63) is 87.1 Å². The van der Waals surface area contributed by atoms with Crippen LogP contribution in [0, 0.1) is 5.92 Å². The van der Waals surface area contributed by atoms with Crippen LogP contribution in [0.1, 0.15) is 61.9 Å². The molecule has 3 aromatic rings. The first-order chi connectivity index (χ1) is 17.7. The van der Waals surface area contributed by atoms with Crippen molar-refractivity contribution in [3.63, 3.8) is 0 Å². The van der Waals surface area contributed by atoms with Gasteiger partial charge >= 0.3 is 0 Å². The van der Waals surface area contributed by atoms with Crippen molar-refractivity contribution in [1.29, 1.82) is 0 Å². The topological polar surface area (TPSA) is 71.0 Å². The number of hydrogen-bond acceptors (Lipinski definition) is 6. The molecule has 1 aromatic heterocycles. The second-order valence-electron chi connectivity index (χ2n) is 9.72. The van der Waals surface area contributed by atoms with Crippen LogP contribution in [-0.2, 0) is 11.3 Å². The third kappa shape index (κ3) is 4.86. The molecule has 3 aliphatic rings. The number of ether oxygens (including phenoxy) is 1. The number of amides is 1. The Bertz CT molecular complexity index is 1290. The van der Waals surface area contributed by atoms with Crippen LogP contribution in [0.5, 0.6) is 0 Å². The van der Waals surface area contributed by atoms with E-state index in [0.717, 1.165) is 43.1 Å². The molecule has 0 bridgehead atoms. The average Bonchev–Trinajstić information content (AvgIpc) is 3.46. The van der Waals surface area contributed by atoms with Crippen LogP contribution in [0.3, 0.4) is 0 Å². The summed E-state index contributed by atoms with van der Waals surface area (Å²) in [5.41, 5.74) is 4.24. The zero-order valence-electron chi connectivity index (χ0n) is 20.1. The molecule has 2 aliphatic heterocycles. The molecule has 2 fully saturated rings. The highest BCUT2D eigenvalue weighted by Crippen LogP contribution is 2.46.